The molecule has 4 aromatic rings. The fraction of sp³-hybridized carbons (Fsp3) is 0.130. The van der Waals surface area contributed by atoms with Crippen molar-refractivity contribution in [2.24, 2.45) is 0 Å². The van der Waals surface area contributed by atoms with Gasteiger partial charge in [0.2, 0.25) is 5.91 Å². The normalized spacial score (nSPS) is 10.6. The lowest BCUT2D eigenvalue weighted by Crippen LogP contribution is -2.14. The molecular weight excluding hydrogens is 416 g/mol. The number of nitrogens with zero attached hydrogens (tertiary/aromatic N) is 3. The van der Waals surface area contributed by atoms with Gasteiger partial charge in [-0.3, -0.25) is 9.78 Å². The van der Waals surface area contributed by atoms with Gasteiger partial charge in [0.05, 0.1) is 6.20 Å². The predicted molar refractivity (Wildman–Crippen MR) is 117 cm³/mol. The topological polar surface area (TPSA) is 90.1 Å². The lowest BCUT2D eigenvalue weighted by molar-refractivity contribution is -0.116. The molecule has 3 aromatic heterocycles. The van der Waals surface area contributed by atoms with Gasteiger partial charge in [0.15, 0.2) is 23.2 Å². The number of ether oxygens (including phenoxy) is 1. The van der Waals surface area contributed by atoms with Crippen molar-refractivity contribution in [1.82, 2.24) is 15.0 Å². The molecule has 0 aliphatic rings. The molecule has 1 aromatic carbocycles. The van der Waals surface area contributed by atoms with E-state index in [-0.39, 0.29) is 12.3 Å². The molecule has 4 rings (SSSR count). The van der Waals surface area contributed by atoms with Crippen molar-refractivity contribution >= 4 is 23.3 Å². The molecule has 0 aliphatic heterocycles. The van der Waals surface area contributed by atoms with E-state index in [2.05, 4.69) is 20.3 Å². The van der Waals surface area contributed by atoms with E-state index in [0.717, 1.165) is 11.1 Å². The summed E-state index contributed by atoms with van der Waals surface area (Å²) in [5.74, 6) is 1.77. The molecule has 1 amide bonds. The summed E-state index contributed by atoms with van der Waals surface area (Å²) < 4.78 is 11.5. The van der Waals surface area contributed by atoms with Gasteiger partial charge >= 0.3 is 0 Å². The molecule has 0 unspecified atom stereocenters. The highest BCUT2D eigenvalue weighted by Gasteiger charge is 2.12. The van der Waals surface area contributed by atoms with Crippen LogP contribution in [0, 0.1) is 0 Å². The van der Waals surface area contributed by atoms with E-state index in [0.29, 0.717) is 41.3 Å². The van der Waals surface area contributed by atoms with E-state index in [1.54, 1.807) is 49.1 Å². The van der Waals surface area contributed by atoms with E-state index >= 15 is 0 Å². The number of amides is 1. The Bertz CT molecular complexity index is 1150. The third kappa shape index (κ3) is 5.67. The van der Waals surface area contributed by atoms with Gasteiger partial charge in [0, 0.05) is 42.0 Å². The zero-order valence-electron chi connectivity index (χ0n) is 16.5. The summed E-state index contributed by atoms with van der Waals surface area (Å²) >= 11 is 5.91. The average Bonchev–Trinajstić information content (AvgIpc) is 3.27. The first kappa shape index (κ1) is 20.6. The molecule has 0 aliphatic carbocycles. The number of benzene rings is 1. The lowest BCUT2D eigenvalue weighted by atomic mass is 10.2. The number of halogens is 1. The monoisotopic (exact) mass is 434 g/mol. The van der Waals surface area contributed by atoms with E-state index in [9.17, 15) is 4.79 Å². The number of nitrogens with one attached hydrogen (secondary N) is 1. The first-order valence-electron chi connectivity index (χ1n) is 9.64. The van der Waals surface area contributed by atoms with Crippen molar-refractivity contribution in [2.45, 2.75) is 19.4 Å². The molecule has 0 saturated carbocycles. The molecule has 0 bridgehead atoms. The van der Waals surface area contributed by atoms with Crippen LogP contribution in [0.1, 0.15) is 17.9 Å². The highest BCUT2D eigenvalue weighted by Crippen LogP contribution is 2.24. The molecule has 1 N–H and O–H groups in total. The van der Waals surface area contributed by atoms with Gasteiger partial charge in [-0.1, -0.05) is 11.6 Å². The highest BCUT2D eigenvalue weighted by molar-refractivity contribution is 6.30. The van der Waals surface area contributed by atoms with E-state index < -0.39 is 0 Å². The molecule has 0 atom stereocenters. The predicted octanol–water partition coefficient (Wildman–Crippen LogP) is 4.94. The molecule has 0 radical (unpaired) electrons. The third-order valence-electron chi connectivity index (χ3n) is 4.42. The Kier molecular flexibility index (Phi) is 6.54. The SMILES string of the molecule is O=C(CCc1ncc(-c2ccc(Cl)cc2)o1)Nc1ncccc1OCc1ccncc1. The number of aromatic nitrogens is 3. The Morgan fingerprint density at radius 2 is 1.84 bits per heavy atom. The Balaban J connectivity index is 1.33. The average molecular weight is 435 g/mol. The first-order chi connectivity index (χ1) is 15.2. The molecule has 3 heterocycles. The van der Waals surface area contributed by atoms with Crippen LogP contribution < -0.4 is 10.1 Å². The number of oxazole rings is 1. The maximum atomic E-state index is 12.4. The zero-order chi connectivity index (χ0) is 21.5. The van der Waals surface area contributed by atoms with Gasteiger partial charge in [0.25, 0.3) is 0 Å². The number of rotatable bonds is 8. The summed E-state index contributed by atoms with van der Waals surface area (Å²) in [4.78, 5) is 24.9. The van der Waals surface area contributed by atoms with E-state index in [4.69, 9.17) is 20.8 Å². The number of carbonyl (C=O) groups is 1. The number of carbonyl (C=O) groups excluding carboxylic acids is 1. The van der Waals surface area contributed by atoms with E-state index in [1.807, 2.05) is 24.3 Å². The van der Waals surface area contributed by atoms with Crippen LogP contribution in [-0.4, -0.2) is 20.9 Å². The van der Waals surface area contributed by atoms with Crippen molar-refractivity contribution in [1.29, 1.82) is 0 Å². The van der Waals surface area contributed by atoms with Crippen LogP contribution in [-0.2, 0) is 17.8 Å². The molecular formula is C23H19ClN4O3. The van der Waals surface area contributed by atoms with Crippen molar-refractivity contribution in [3.05, 3.63) is 89.8 Å². The van der Waals surface area contributed by atoms with Crippen molar-refractivity contribution < 1.29 is 13.9 Å². The van der Waals surface area contributed by atoms with Gasteiger partial charge in [-0.25, -0.2) is 9.97 Å². The number of hydrogen-bond acceptors (Lipinski definition) is 6. The largest absolute Gasteiger partial charge is 0.485 e. The van der Waals surface area contributed by atoms with Crippen LogP contribution >= 0.6 is 11.6 Å². The lowest BCUT2D eigenvalue weighted by Gasteiger charge is -2.11. The zero-order valence-corrected chi connectivity index (χ0v) is 17.2. The Labute approximate surface area is 184 Å². The minimum absolute atomic E-state index is 0.195. The van der Waals surface area contributed by atoms with Crippen LogP contribution in [0.2, 0.25) is 5.02 Å². The fourth-order valence-electron chi connectivity index (χ4n) is 2.83. The first-order valence-corrected chi connectivity index (χ1v) is 10.0. The smallest absolute Gasteiger partial charge is 0.226 e. The van der Waals surface area contributed by atoms with E-state index in [1.165, 1.54) is 0 Å². The summed E-state index contributed by atoms with van der Waals surface area (Å²) in [6.45, 7) is 0.348. The molecule has 0 fully saturated rings. The van der Waals surface area contributed by atoms with Crippen LogP contribution in [0.5, 0.6) is 5.75 Å². The number of hydrogen-bond donors (Lipinski definition) is 1. The molecule has 8 heteroatoms. The minimum atomic E-state index is -0.210. The number of pyridine rings is 2. The second-order valence-corrected chi connectivity index (χ2v) is 7.10. The molecule has 31 heavy (non-hydrogen) atoms. The molecule has 0 spiro atoms. The summed E-state index contributed by atoms with van der Waals surface area (Å²) in [6.07, 6.45) is 7.19. The maximum absolute atomic E-state index is 12.4. The summed E-state index contributed by atoms with van der Waals surface area (Å²) in [5, 5.41) is 3.44. The molecule has 156 valence electrons. The van der Waals surface area contributed by atoms with Gasteiger partial charge < -0.3 is 14.5 Å². The Morgan fingerprint density at radius 1 is 1.03 bits per heavy atom. The standard InChI is InChI=1S/C23H19ClN4O3/c24-18-5-3-17(4-6-18)20-14-27-22(31-20)8-7-21(29)28-23-19(2-1-11-26-23)30-15-16-9-12-25-13-10-16/h1-6,9-14H,7-8,15H2,(H,26,28,29). The second-order valence-electron chi connectivity index (χ2n) is 6.67. The van der Waals surface area contributed by atoms with Crippen LogP contribution in [0.25, 0.3) is 11.3 Å². The summed E-state index contributed by atoms with van der Waals surface area (Å²) in [6, 6.07) is 14.5. The Morgan fingerprint density at radius 3 is 2.65 bits per heavy atom. The molecule has 0 saturated heterocycles. The minimum Gasteiger partial charge on any atom is -0.485 e. The number of aryl methyl sites for hydroxylation is 1. The van der Waals surface area contributed by atoms with Gasteiger partial charge in [-0.2, -0.15) is 0 Å². The number of anilines is 1. The summed E-state index contributed by atoms with van der Waals surface area (Å²) in [7, 11) is 0. The van der Waals surface area contributed by atoms with Crippen LogP contribution in [0.4, 0.5) is 5.82 Å². The van der Waals surface area contributed by atoms with Gasteiger partial charge in [-0.05, 0) is 54.1 Å². The van der Waals surface area contributed by atoms with Crippen molar-refractivity contribution in [3.8, 4) is 17.1 Å². The van der Waals surface area contributed by atoms with Crippen LogP contribution in [0.15, 0.2) is 77.7 Å². The second kappa shape index (κ2) is 9.86. The van der Waals surface area contributed by atoms with Crippen molar-refractivity contribution in [2.75, 3.05) is 5.32 Å². The summed E-state index contributed by atoms with van der Waals surface area (Å²) in [5.41, 5.74) is 1.84. The highest BCUT2D eigenvalue weighted by atomic mass is 35.5. The fourth-order valence-corrected chi connectivity index (χ4v) is 2.96. The van der Waals surface area contributed by atoms with Gasteiger partial charge in [-0.15, -0.1) is 0 Å². The third-order valence-corrected chi connectivity index (χ3v) is 4.67. The van der Waals surface area contributed by atoms with Gasteiger partial charge in [0.1, 0.15) is 6.61 Å². The van der Waals surface area contributed by atoms with Crippen LogP contribution in [0.3, 0.4) is 0 Å². The van der Waals surface area contributed by atoms with Crippen molar-refractivity contribution in [3.63, 3.8) is 0 Å². The quantitative estimate of drug-likeness (QED) is 0.422. The Hall–Kier alpha value is -3.71. The maximum Gasteiger partial charge on any atom is 0.226 e. The molecule has 7 nitrogen and oxygen atoms in total.